The lowest BCUT2D eigenvalue weighted by atomic mass is 9.93. The molecular formula is C30H28BrF2N7O3. The number of rotatable bonds is 7. The number of aromatic nitrogens is 6. The third-order valence-electron chi connectivity index (χ3n) is 7.07. The second kappa shape index (κ2) is 13.2. The van der Waals surface area contributed by atoms with Crippen LogP contribution >= 0.6 is 0 Å². The fraction of sp³-hybridized carbons (Fsp3) is 0.233. The zero-order valence-corrected chi connectivity index (χ0v) is 24.5. The monoisotopic (exact) mass is 651 g/mol. The fourth-order valence-corrected chi connectivity index (χ4v) is 5.06. The fourth-order valence-electron chi connectivity index (χ4n) is 5.06. The summed E-state index contributed by atoms with van der Waals surface area (Å²) in [5.41, 5.74) is 2.18. The van der Waals surface area contributed by atoms with E-state index in [4.69, 9.17) is 9.47 Å². The number of halogens is 3. The SMILES string of the molecule is C1=[N+](Cc2ccccc2)CCc2cc3c(cc21)OCO3.OC(Cn1cncn1)(Cn1cncn1)c1ccc(F)cc1F.[Br-]. The van der Waals surface area contributed by atoms with Gasteiger partial charge in [-0.1, -0.05) is 36.4 Å². The topological polar surface area (TPSA) is 103 Å². The van der Waals surface area contributed by atoms with Gasteiger partial charge in [0.1, 0.15) is 49.1 Å². The number of hydrogen-bond donors (Lipinski definition) is 1. The average molecular weight is 653 g/mol. The Morgan fingerprint density at radius 2 is 1.56 bits per heavy atom. The molecule has 3 aromatic carbocycles. The van der Waals surface area contributed by atoms with Crippen LogP contribution < -0.4 is 26.5 Å². The highest BCUT2D eigenvalue weighted by molar-refractivity contribution is 5.80. The van der Waals surface area contributed by atoms with Gasteiger partial charge in [-0.3, -0.25) is 0 Å². The summed E-state index contributed by atoms with van der Waals surface area (Å²) in [7, 11) is 0. The van der Waals surface area contributed by atoms with Gasteiger partial charge >= 0.3 is 0 Å². The van der Waals surface area contributed by atoms with Gasteiger partial charge < -0.3 is 31.6 Å². The Hall–Kier alpha value is -4.49. The quantitative estimate of drug-likeness (QED) is 0.253. The maximum Gasteiger partial charge on any atom is 0.231 e. The molecule has 0 saturated heterocycles. The lowest BCUT2D eigenvalue weighted by Crippen LogP contribution is -3.00. The Kier molecular flexibility index (Phi) is 9.22. The Morgan fingerprint density at radius 1 is 0.884 bits per heavy atom. The molecule has 4 heterocycles. The van der Waals surface area contributed by atoms with Crippen LogP contribution in [0.5, 0.6) is 11.5 Å². The molecule has 0 fully saturated rings. The van der Waals surface area contributed by atoms with E-state index in [1.807, 2.05) is 0 Å². The van der Waals surface area contributed by atoms with Crippen molar-refractivity contribution < 1.29 is 44.9 Å². The molecular weight excluding hydrogens is 624 g/mol. The van der Waals surface area contributed by atoms with Crippen molar-refractivity contribution >= 4 is 6.21 Å². The first-order valence-corrected chi connectivity index (χ1v) is 13.3. The molecule has 222 valence electrons. The molecule has 0 spiro atoms. The summed E-state index contributed by atoms with van der Waals surface area (Å²) in [6.45, 7) is 2.19. The van der Waals surface area contributed by atoms with Crippen LogP contribution in [0.15, 0.2) is 86.0 Å². The summed E-state index contributed by atoms with van der Waals surface area (Å²) in [5.74, 6) is 0.183. The molecule has 43 heavy (non-hydrogen) atoms. The minimum Gasteiger partial charge on any atom is -1.00 e. The van der Waals surface area contributed by atoms with Gasteiger partial charge in [-0.05, 0) is 23.8 Å². The van der Waals surface area contributed by atoms with Crippen LogP contribution in [0.2, 0.25) is 0 Å². The molecule has 5 aromatic rings. The van der Waals surface area contributed by atoms with Crippen molar-refractivity contribution in [3.05, 3.63) is 120 Å². The van der Waals surface area contributed by atoms with Gasteiger partial charge in [0.15, 0.2) is 24.3 Å². The summed E-state index contributed by atoms with van der Waals surface area (Å²) < 4.78 is 43.2. The molecule has 0 saturated carbocycles. The van der Waals surface area contributed by atoms with Gasteiger partial charge in [0, 0.05) is 29.2 Å². The van der Waals surface area contributed by atoms with E-state index in [0.29, 0.717) is 6.79 Å². The molecule has 0 bridgehead atoms. The second-order valence-electron chi connectivity index (χ2n) is 10.1. The highest BCUT2D eigenvalue weighted by atomic mass is 79.9. The van der Waals surface area contributed by atoms with Crippen LogP contribution in [0.1, 0.15) is 22.3 Å². The molecule has 7 rings (SSSR count). The number of nitrogens with zero attached hydrogens (tertiary/aromatic N) is 7. The van der Waals surface area contributed by atoms with Crippen molar-refractivity contribution in [1.82, 2.24) is 29.5 Å². The summed E-state index contributed by atoms with van der Waals surface area (Å²) >= 11 is 0. The summed E-state index contributed by atoms with van der Waals surface area (Å²) in [6.07, 6.45) is 8.68. The molecule has 2 aliphatic rings. The van der Waals surface area contributed by atoms with Gasteiger partial charge in [0.25, 0.3) is 0 Å². The van der Waals surface area contributed by atoms with Crippen LogP contribution in [0.3, 0.4) is 0 Å². The van der Waals surface area contributed by atoms with E-state index in [2.05, 4.69) is 73.4 Å². The molecule has 2 aromatic heterocycles. The van der Waals surface area contributed by atoms with Gasteiger partial charge in [-0.15, -0.1) is 0 Å². The first-order valence-electron chi connectivity index (χ1n) is 13.3. The van der Waals surface area contributed by atoms with Crippen molar-refractivity contribution in [2.75, 3.05) is 13.3 Å². The normalized spacial score (nSPS) is 13.3. The maximum absolute atomic E-state index is 14.1. The smallest absolute Gasteiger partial charge is 0.231 e. The summed E-state index contributed by atoms with van der Waals surface area (Å²) in [4.78, 5) is 7.57. The highest BCUT2D eigenvalue weighted by Crippen LogP contribution is 2.35. The zero-order valence-electron chi connectivity index (χ0n) is 22.9. The van der Waals surface area contributed by atoms with Crippen molar-refractivity contribution in [3.63, 3.8) is 0 Å². The third-order valence-corrected chi connectivity index (χ3v) is 7.07. The van der Waals surface area contributed by atoms with E-state index in [-0.39, 0.29) is 35.6 Å². The Morgan fingerprint density at radius 3 is 2.19 bits per heavy atom. The molecule has 13 heteroatoms. The van der Waals surface area contributed by atoms with E-state index in [1.165, 1.54) is 57.4 Å². The van der Waals surface area contributed by atoms with E-state index >= 15 is 0 Å². The van der Waals surface area contributed by atoms with Crippen molar-refractivity contribution in [2.45, 2.75) is 31.7 Å². The lowest BCUT2D eigenvalue weighted by molar-refractivity contribution is -0.540. The Balaban J connectivity index is 0.000000168. The maximum atomic E-state index is 14.1. The number of ether oxygens (including phenoxy) is 2. The van der Waals surface area contributed by atoms with Crippen molar-refractivity contribution in [1.29, 1.82) is 0 Å². The lowest BCUT2D eigenvalue weighted by Gasteiger charge is -2.28. The predicted octanol–water partition coefficient (Wildman–Crippen LogP) is 0.343. The molecule has 2 aliphatic heterocycles. The van der Waals surface area contributed by atoms with Crippen LogP contribution in [-0.2, 0) is 31.7 Å². The third kappa shape index (κ3) is 7.12. The molecule has 0 unspecified atom stereocenters. The van der Waals surface area contributed by atoms with Crippen LogP contribution in [0.4, 0.5) is 8.78 Å². The summed E-state index contributed by atoms with van der Waals surface area (Å²) in [6, 6.07) is 17.8. The van der Waals surface area contributed by atoms with E-state index in [1.54, 1.807) is 0 Å². The predicted molar refractivity (Wildman–Crippen MR) is 147 cm³/mol. The molecule has 0 radical (unpaired) electrons. The number of fused-ring (bicyclic) bond motifs is 2. The van der Waals surface area contributed by atoms with Crippen LogP contribution in [0, 0.1) is 11.6 Å². The van der Waals surface area contributed by atoms with Crippen LogP contribution in [0.25, 0.3) is 0 Å². The minimum atomic E-state index is -1.70. The molecule has 0 aliphatic carbocycles. The zero-order chi connectivity index (χ0) is 28.9. The largest absolute Gasteiger partial charge is 1.00 e. The minimum absolute atomic E-state index is 0. The second-order valence-corrected chi connectivity index (χ2v) is 10.1. The van der Waals surface area contributed by atoms with Gasteiger partial charge in [-0.2, -0.15) is 10.2 Å². The van der Waals surface area contributed by atoms with Crippen molar-refractivity contribution in [2.24, 2.45) is 0 Å². The Bertz CT molecular complexity index is 1650. The van der Waals surface area contributed by atoms with Crippen LogP contribution in [-0.4, -0.2) is 58.8 Å². The molecule has 10 nitrogen and oxygen atoms in total. The van der Waals surface area contributed by atoms with E-state index in [0.717, 1.165) is 43.1 Å². The van der Waals surface area contributed by atoms with Crippen molar-refractivity contribution in [3.8, 4) is 11.5 Å². The first-order chi connectivity index (χ1) is 20.4. The molecule has 1 N–H and O–H groups in total. The average Bonchev–Trinajstić information content (AvgIpc) is 3.77. The molecule has 0 amide bonds. The van der Waals surface area contributed by atoms with E-state index in [9.17, 15) is 13.9 Å². The summed E-state index contributed by atoms with van der Waals surface area (Å²) in [5, 5.41) is 18.8. The number of aliphatic hydroxyl groups is 1. The number of benzene rings is 3. The Labute approximate surface area is 256 Å². The van der Waals surface area contributed by atoms with E-state index < -0.39 is 17.2 Å². The molecule has 0 atom stereocenters. The van der Waals surface area contributed by atoms with Gasteiger partial charge in [0.2, 0.25) is 6.79 Å². The number of hydrogen-bond acceptors (Lipinski definition) is 7. The standard InChI is InChI=1S/C17H16NO2.C13H12F2N6O.BrH/c1-2-4-13(5-3-1)10-18-7-6-14-8-16-17(20-12-19-16)9-15(14)11-18;14-10-1-2-11(12(15)3-10)13(22,4-20-8-16-6-18-20)5-21-9-17-7-19-21;/h1-5,8-9,11H,6-7,10,12H2;1-3,6-9,22H,4-5H2;1H/q+1;;/p-1. The highest BCUT2D eigenvalue weighted by Gasteiger charge is 2.34. The first kappa shape index (κ1) is 30.0. The van der Waals surface area contributed by atoms with Gasteiger partial charge in [-0.25, -0.2) is 32.7 Å². The van der Waals surface area contributed by atoms with Gasteiger partial charge in [0.05, 0.1) is 13.1 Å².